The van der Waals surface area contributed by atoms with E-state index in [2.05, 4.69) is 21.5 Å². The van der Waals surface area contributed by atoms with Crippen LogP contribution in [0.5, 0.6) is 0 Å². The van der Waals surface area contributed by atoms with Gasteiger partial charge in [0.1, 0.15) is 0 Å². The van der Waals surface area contributed by atoms with Crippen LogP contribution in [0.25, 0.3) is 16.9 Å². The summed E-state index contributed by atoms with van der Waals surface area (Å²) in [6.07, 6.45) is 4.95. The van der Waals surface area contributed by atoms with Gasteiger partial charge in [0.15, 0.2) is 5.82 Å². The van der Waals surface area contributed by atoms with Gasteiger partial charge in [-0.25, -0.2) is 9.67 Å². The molecule has 1 unspecified atom stereocenters. The lowest BCUT2D eigenvalue weighted by Crippen LogP contribution is -2.40. The molecule has 0 aliphatic carbocycles. The molecule has 2 aromatic heterocycles. The summed E-state index contributed by atoms with van der Waals surface area (Å²) in [5.41, 5.74) is 1.88. The predicted octanol–water partition coefficient (Wildman–Crippen LogP) is 2.64. The molecule has 31 heavy (non-hydrogen) atoms. The fraction of sp³-hybridized carbons (Fsp3) is 0.304. The average molecular weight is 417 g/mol. The summed E-state index contributed by atoms with van der Waals surface area (Å²) in [5.74, 6) is 0.608. The van der Waals surface area contributed by atoms with Crippen molar-refractivity contribution in [2.45, 2.75) is 25.8 Å². The van der Waals surface area contributed by atoms with Gasteiger partial charge in [-0.05, 0) is 55.5 Å². The van der Waals surface area contributed by atoms with Crippen LogP contribution in [0.2, 0.25) is 0 Å². The third-order valence-corrected chi connectivity index (χ3v) is 5.67. The second kappa shape index (κ2) is 8.98. The molecule has 3 heterocycles. The van der Waals surface area contributed by atoms with Crippen molar-refractivity contribution >= 4 is 5.91 Å². The molecule has 1 fully saturated rings. The maximum absolute atomic E-state index is 12.8. The Bertz CT molecular complexity index is 1150. The van der Waals surface area contributed by atoms with Crippen molar-refractivity contribution in [3.63, 3.8) is 0 Å². The maximum Gasteiger partial charge on any atom is 0.280 e. The minimum atomic E-state index is -0.262. The van der Waals surface area contributed by atoms with Gasteiger partial charge in [-0.2, -0.15) is 5.26 Å². The Kier molecular flexibility index (Phi) is 5.96. The number of ether oxygens (including phenoxy) is 1. The molecule has 1 saturated heterocycles. The number of nitriles is 1. The molecule has 1 atom stereocenters. The van der Waals surface area contributed by atoms with Crippen LogP contribution in [-0.4, -0.2) is 39.9 Å². The summed E-state index contributed by atoms with van der Waals surface area (Å²) in [4.78, 5) is 29.7. The summed E-state index contributed by atoms with van der Waals surface area (Å²) < 4.78 is 6.70. The smallest absolute Gasteiger partial charge is 0.280 e. The topological polar surface area (TPSA) is 113 Å². The van der Waals surface area contributed by atoms with E-state index in [4.69, 9.17) is 10.00 Å². The first-order valence-electron chi connectivity index (χ1n) is 10.2. The molecule has 1 aliphatic heterocycles. The lowest BCUT2D eigenvalue weighted by molar-refractivity contribution is 0.0538. The number of nitrogens with zero attached hydrogens (tertiary/aromatic N) is 3. The molecule has 0 bridgehead atoms. The van der Waals surface area contributed by atoms with E-state index in [1.165, 1.54) is 10.9 Å². The molecule has 0 saturated carbocycles. The molecule has 4 rings (SSSR count). The van der Waals surface area contributed by atoms with Gasteiger partial charge in [-0.3, -0.25) is 14.7 Å². The summed E-state index contributed by atoms with van der Waals surface area (Å²) in [7, 11) is 0. The maximum atomic E-state index is 12.8. The second-order valence-electron chi connectivity index (χ2n) is 7.63. The predicted molar refractivity (Wildman–Crippen MR) is 115 cm³/mol. The van der Waals surface area contributed by atoms with Crippen LogP contribution < -0.4 is 10.9 Å². The van der Waals surface area contributed by atoms with Crippen LogP contribution in [0.1, 0.15) is 35.7 Å². The Morgan fingerprint density at radius 2 is 2.00 bits per heavy atom. The SMILES string of the molecule is CC(NC(=O)c1ccc(-n2[nH]cc(-c3ccc(C#N)cc3)c2=O)nc1)C1CCOCC1. The van der Waals surface area contributed by atoms with Crippen molar-refractivity contribution in [1.29, 1.82) is 5.26 Å². The molecule has 8 heteroatoms. The van der Waals surface area contributed by atoms with Crippen LogP contribution in [0.3, 0.4) is 0 Å². The van der Waals surface area contributed by atoms with Gasteiger partial charge < -0.3 is 10.1 Å². The number of pyridine rings is 1. The van der Waals surface area contributed by atoms with E-state index >= 15 is 0 Å². The largest absolute Gasteiger partial charge is 0.381 e. The second-order valence-corrected chi connectivity index (χ2v) is 7.63. The highest BCUT2D eigenvalue weighted by Gasteiger charge is 2.22. The van der Waals surface area contributed by atoms with Crippen LogP contribution in [0.15, 0.2) is 53.6 Å². The van der Waals surface area contributed by atoms with Crippen molar-refractivity contribution < 1.29 is 9.53 Å². The van der Waals surface area contributed by atoms with Gasteiger partial charge in [0.2, 0.25) is 0 Å². The van der Waals surface area contributed by atoms with E-state index in [9.17, 15) is 9.59 Å². The fourth-order valence-electron chi connectivity index (χ4n) is 3.75. The van der Waals surface area contributed by atoms with Crippen molar-refractivity contribution in [3.8, 4) is 23.0 Å². The van der Waals surface area contributed by atoms with Gasteiger partial charge in [-0.1, -0.05) is 12.1 Å². The molecular weight excluding hydrogens is 394 g/mol. The van der Waals surface area contributed by atoms with Crippen LogP contribution in [-0.2, 0) is 4.74 Å². The zero-order valence-electron chi connectivity index (χ0n) is 17.2. The summed E-state index contributed by atoms with van der Waals surface area (Å²) in [6, 6.07) is 12.2. The van der Waals surface area contributed by atoms with Crippen LogP contribution in [0.4, 0.5) is 0 Å². The molecule has 1 aliphatic rings. The van der Waals surface area contributed by atoms with E-state index in [1.54, 1.807) is 42.6 Å². The number of hydrogen-bond acceptors (Lipinski definition) is 5. The van der Waals surface area contributed by atoms with Gasteiger partial charge in [0.05, 0.1) is 22.8 Å². The number of H-pyrrole nitrogens is 1. The Morgan fingerprint density at radius 3 is 2.65 bits per heavy atom. The normalized spacial score (nSPS) is 15.2. The zero-order chi connectivity index (χ0) is 21.8. The Morgan fingerprint density at radius 1 is 1.26 bits per heavy atom. The Labute approximate surface area is 179 Å². The van der Waals surface area contributed by atoms with E-state index in [0.29, 0.717) is 34.0 Å². The quantitative estimate of drug-likeness (QED) is 0.663. The highest BCUT2D eigenvalue weighted by molar-refractivity contribution is 5.94. The number of amides is 1. The highest BCUT2D eigenvalue weighted by atomic mass is 16.5. The van der Waals surface area contributed by atoms with E-state index in [1.807, 2.05) is 6.92 Å². The first-order chi connectivity index (χ1) is 15.1. The average Bonchev–Trinajstić information content (AvgIpc) is 3.21. The highest BCUT2D eigenvalue weighted by Crippen LogP contribution is 2.19. The van der Waals surface area contributed by atoms with Crippen LogP contribution in [0, 0.1) is 17.2 Å². The number of carbonyl (C=O) groups is 1. The van der Waals surface area contributed by atoms with Gasteiger partial charge in [0.25, 0.3) is 11.5 Å². The number of nitrogens with one attached hydrogen (secondary N) is 2. The number of aromatic amines is 1. The lowest BCUT2D eigenvalue weighted by Gasteiger charge is -2.28. The summed E-state index contributed by atoms with van der Waals surface area (Å²) >= 11 is 0. The molecule has 3 aromatic rings. The van der Waals surface area contributed by atoms with Gasteiger partial charge in [-0.15, -0.1) is 0 Å². The molecule has 1 aromatic carbocycles. The van der Waals surface area contributed by atoms with Gasteiger partial charge >= 0.3 is 0 Å². The van der Waals surface area contributed by atoms with Crippen molar-refractivity contribution in [1.82, 2.24) is 20.1 Å². The molecule has 158 valence electrons. The molecule has 8 nitrogen and oxygen atoms in total. The number of rotatable bonds is 5. The Balaban J connectivity index is 1.48. The summed E-state index contributed by atoms with van der Waals surface area (Å²) in [6.45, 7) is 3.48. The molecule has 0 radical (unpaired) electrons. The minimum absolute atomic E-state index is 0.0529. The van der Waals surface area contributed by atoms with Crippen molar-refractivity contribution in [2.24, 2.45) is 5.92 Å². The number of hydrogen-bond donors (Lipinski definition) is 2. The number of aromatic nitrogens is 3. The Hall–Kier alpha value is -3.70. The van der Waals surface area contributed by atoms with E-state index < -0.39 is 0 Å². The molecule has 1 amide bonds. The minimum Gasteiger partial charge on any atom is -0.381 e. The molecule has 2 N–H and O–H groups in total. The van der Waals surface area contributed by atoms with Crippen molar-refractivity contribution in [2.75, 3.05) is 13.2 Å². The summed E-state index contributed by atoms with van der Waals surface area (Å²) in [5, 5.41) is 14.9. The lowest BCUT2D eigenvalue weighted by atomic mass is 9.93. The van der Waals surface area contributed by atoms with Crippen molar-refractivity contribution in [3.05, 3.63) is 70.3 Å². The van der Waals surface area contributed by atoms with E-state index in [-0.39, 0.29) is 17.5 Å². The monoisotopic (exact) mass is 417 g/mol. The van der Waals surface area contributed by atoms with Gasteiger partial charge in [0, 0.05) is 31.6 Å². The van der Waals surface area contributed by atoms with E-state index in [0.717, 1.165) is 26.1 Å². The molecular formula is C23H23N5O3. The number of benzene rings is 1. The van der Waals surface area contributed by atoms with Crippen LogP contribution >= 0.6 is 0 Å². The standard InChI is InChI=1S/C23H23N5O3/c1-15(17-8-10-31-11-9-17)27-22(29)19-6-7-21(25-13-19)28-23(30)20(14-26-28)18-4-2-16(12-24)3-5-18/h2-7,13-15,17,26H,8-11H2,1H3,(H,27,29). The zero-order valence-corrected chi connectivity index (χ0v) is 17.2. The third kappa shape index (κ3) is 4.42. The number of carbonyl (C=O) groups excluding carboxylic acids is 1. The first-order valence-corrected chi connectivity index (χ1v) is 10.2. The first kappa shape index (κ1) is 20.6. The molecule has 0 spiro atoms. The fourth-order valence-corrected chi connectivity index (χ4v) is 3.75. The third-order valence-electron chi connectivity index (χ3n) is 5.67.